The summed E-state index contributed by atoms with van der Waals surface area (Å²) in [5.41, 5.74) is 7.81. The Kier molecular flexibility index (Phi) is 6.78. The lowest BCUT2D eigenvalue weighted by Crippen LogP contribution is -2.25. The largest absolute Gasteiger partial charge is 0.309 e. The molecule has 0 unspecified atom stereocenters. The highest BCUT2D eigenvalue weighted by Crippen LogP contribution is 2.48. The predicted molar refractivity (Wildman–Crippen MR) is 203 cm³/mol. The summed E-state index contributed by atoms with van der Waals surface area (Å²) in [6.07, 6.45) is 5.43. The normalized spacial score (nSPS) is 14.5. The molecule has 48 heavy (non-hydrogen) atoms. The fourth-order valence-corrected chi connectivity index (χ4v) is 10.6. The molecular weight excluding hydrogens is 603 g/mol. The number of aromatic nitrogens is 2. The summed E-state index contributed by atoms with van der Waals surface area (Å²) < 4.78 is 18.1. The Balaban J connectivity index is 1.41. The quantitative estimate of drug-likeness (QED) is 0.176. The topological polar surface area (TPSA) is 34.9 Å². The highest BCUT2D eigenvalue weighted by molar-refractivity contribution is 7.85. The molecule has 1 aliphatic carbocycles. The molecule has 0 saturated heterocycles. The van der Waals surface area contributed by atoms with Gasteiger partial charge in [0.2, 0.25) is 0 Å². The van der Waals surface area contributed by atoms with Crippen molar-refractivity contribution in [3.63, 3.8) is 0 Å². The van der Waals surface area contributed by atoms with E-state index in [4.69, 9.17) is 4.98 Å². The van der Waals surface area contributed by atoms with E-state index >= 15 is 4.57 Å². The molecule has 1 atom stereocenters. The number of benzene rings is 6. The molecule has 0 bridgehead atoms. The Morgan fingerprint density at radius 3 is 1.92 bits per heavy atom. The SMILES string of the molecule is C[C@@H]1CC=Cc2nc(-c3ccc(P(=O)(c4ccccc4)c4ccccc4)c4ccccc34)c3c4ccccc4n(-c4ccccc4)c3c21. The van der Waals surface area contributed by atoms with E-state index in [1.807, 2.05) is 60.7 Å². The Morgan fingerprint density at radius 2 is 1.23 bits per heavy atom. The van der Waals surface area contributed by atoms with Gasteiger partial charge in [0.05, 0.1) is 22.4 Å². The van der Waals surface area contributed by atoms with E-state index in [-0.39, 0.29) is 0 Å². The maximum atomic E-state index is 15.6. The van der Waals surface area contributed by atoms with Crippen molar-refractivity contribution in [3.8, 4) is 16.9 Å². The van der Waals surface area contributed by atoms with Crippen molar-refractivity contribution < 1.29 is 4.57 Å². The van der Waals surface area contributed by atoms with Crippen molar-refractivity contribution in [2.75, 3.05) is 0 Å². The van der Waals surface area contributed by atoms with Crippen LogP contribution >= 0.6 is 7.14 Å². The zero-order chi connectivity index (χ0) is 32.2. The molecule has 230 valence electrons. The molecule has 9 rings (SSSR count). The zero-order valence-corrected chi connectivity index (χ0v) is 27.5. The van der Waals surface area contributed by atoms with Gasteiger partial charge in [-0.3, -0.25) is 0 Å². The maximum absolute atomic E-state index is 15.6. The first kappa shape index (κ1) is 28.7. The fourth-order valence-electron chi connectivity index (χ4n) is 7.71. The van der Waals surface area contributed by atoms with E-state index in [1.165, 1.54) is 16.5 Å². The Morgan fingerprint density at radius 1 is 0.646 bits per heavy atom. The monoisotopic (exact) mass is 636 g/mol. The molecule has 3 nitrogen and oxygen atoms in total. The number of para-hydroxylation sites is 2. The van der Waals surface area contributed by atoms with Crippen LogP contribution in [-0.2, 0) is 4.57 Å². The summed E-state index contributed by atoms with van der Waals surface area (Å²) in [4.78, 5) is 5.51. The van der Waals surface area contributed by atoms with Gasteiger partial charge in [0, 0.05) is 43.5 Å². The minimum atomic E-state index is -3.22. The highest BCUT2D eigenvalue weighted by Gasteiger charge is 2.33. The maximum Gasteiger partial charge on any atom is 0.171 e. The lowest BCUT2D eigenvalue weighted by atomic mass is 9.88. The van der Waals surface area contributed by atoms with Gasteiger partial charge < -0.3 is 9.13 Å². The zero-order valence-electron chi connectivity index (χ0n) is 26.6. The van der Waals surface area contributed by atoms with Gasteiger partial charge in [-0.2, -0.15) is 0 Å². The van der Waals surface area contributed by atoms with Gasteiger partial charge in [-0.15, -0.1) is 0 Å². The van der Waals surface area contributed by atoms with Crippen molar-refractivity contribution in [2.24, 2.45) is 0 Å². The van der Waals surface area contributed by atoms with Crippen LogP contribution < -0.4 is 15.9 Å². The van der Waals surface area contributed by atoms with Crippen LogP contribution in [-0.4, -0.2) is 9.55 Å². The van der Waals surface area contributed by atoms with Gasteiger partial charge in [0.1, 0.15) is 0 Å². The van der Waals surface area contributed by atoms with Gasteiger partial charge in [-0.25, -0.2) is 4.98 Å². The van der Waals surface area contributed by atoms with E-state index in [2.05, 4.69) is 115 Å². The molecule has 1 aliphatic rings. The molecule has 0 aliphatic heterocycles. The van der Waals surface area contributed by atoms with E-state index in [9.17, 15) is 0 Å². The molecule has 2 heterocycles. The van der Waals surface area contributed by atoms with Gasteiger partial charge in [0.25, 0.3) is 0 Å². The molecule has 0 amide bonds. The molecule has 0 saturated carbocycles. The van der Waals surface area contributed by atoms with E-state index in [0.717, 1.165) is 66.6 Å². The average molecular weight is 637 g/mol. The Bertz CT molecular complexity index is 2530. The fraction of sp³-hybridized carbons (Fsp3) is 0.0682. The van der Waals surface area contributed by atoms with E-state index in [0.29, 0.717) is 5.92 Å². The number of fused-ring (bicyclic) bond motifs is 6. The molecule has 2 aromatic heterocycles. The van der Waals surface area contributed by atoms with Crippen LogP contribution in [0.5, 0.6) is 0 Å². The molecular formula is C44H33N2OP. The summed E-state index contributed by atoms with van der Waals surface area (Å²) in [6.45, 7) is 2.31. The first-order chi connectivity index (χ1) is 23.6. The lowest BCUT2D eigenvalue weighted by molar-refractivity contribution is 0.592. The summed E-state index contributed by atoms with van der Waals surface area (Å²) >= 11 is 0. The Hall–Kier alpha value is -5.50. The van der Waals surface area contributed by atoms with Gasteiger partial charge >= 0.3 is 0 Å². The van der Waals surface area contributed by atoms with Crippen LogP contribution in [0.3, 0.4) is 0 Å². The molecule has 0 radical (unpaired) electrons. The van der Waals surface area contributed by atoms with Gasteiger partial charge in [-0.05, 0) is 53.5 Å². The minimum Gasteiger partial charge on any atom is -0.309 e. The van der Waals surface area contributed by atoms with Crippen molar-refractivity contribution in [3.05, 3.63) is 169 Å². The second kappa shape index (κ2) is 11.3. The Labute approximate surface area is 280 Å². The number of pyridine rings is 1. The van der Waals surface area contributed by atoms with Gasteiger partial charge in [-0.1, -0.05) is 140 Å². The number of rotatable bonds is 5. The molecule has 0 N–H and O–H groups in total. The second-order valence-electron chi connectivity index (χ2n) is 12.7. The third kappa shape index (κ3) is 4.28. The molecule has 0 fully saturated rings. The third-order valence-electron chi connectivity index (χ3n) is 9.88. The first-order valence-electron chi connectivity index (χ1n) is 16.6. The lowest BCUT2D eigenvalue weighted by Gasteiger charge is -2.24. The number of hydrogen-bond acceptors (Lipinski definition) is 2. The third-order valence-corrected chi connectivity index (χ3v) is 13.0. The van der Waals surface area contributed by atoms with E-state index < -0.39 is 7.14 Å². The highest BCUT2D eigenvalue weighted by atomic mass is 31.2. The van der Waals surface area contributed by atoms with Crippen LogP contribution in [0.4, 0.5) is 0 Å². The summed E-state index contributed by atoms with van der Waals surface area (Å²) in [5, 5.41) is 6.85. The standard InChI is InChI=1S/C44H33N2OP/c1-30-16-15-26-38-41(30)44-42(37-25-13-14-27-39(37)46(44)31-17-5-2-6-18-31)43(45-38)36-28-29-40(35-24-12-11-23-34(35)36)48(47,32-19-7-3-8-20-32)33-21-9-4-10-22-33/h2-15,17-30H,16H2,1H3/t30-/m1/s1. The van der Waals surface area contributed by atoms with E-state index in [1.54, 1.807) is 0 Å². The number of hydrogen-bond donors (Lipinski definition) is 0. The average Bonchev–Trinajstić information content (AvgIpc) is 3.50. The van der Waals surface area contributed by atoms with Gasteiger partial charge in [0.15, 0.2) is 7.14 Å². The molecule has 0 spiro atoms. The van der Waals surface area contributed by atoms with Crippen molar-refractivity contribution in [1.82, 2.24) is 9.55 Å². The van der Waals surface area contributed by atoms with Crippen LogP contribution in [0.25, 0.3) is 55.6 Å². The second-order valence-corrected chi connectivity index (χ2v) is 15.4. The van der Waals surface area contributed by atoms with Crippen LogP contribution in [0.15, 0.2) is 158 Å². The minimum absolute atomic E-state index is 0.322. The molecule has 8 aromatic rings. The molecule has 4 heteroatoms. The first-order valence-corrected chi connectivity index (χ1v) is 18.3. The summed E-state index contributed by atoms with van der Waals surface area (Å²) in [7, 11) is -3.22. The smallest absolute Gasteiger partial charge is 0.171 e. The van der Waals surface area contributed by atoms with Crippen molar-refractivity contribution in [2.45, 2.75) is 19.3 Å². The van der Waals surface area contributed by atoms with Crippen LogP contribution in [0, 0.1) is 0 Å². The summed E-state index contributed by atoms with van der Waals surface area (Å²) in [6, 6.07) is 51.9. The van der Waals surface area contributed by atoms with Crippen molar-refractivity contribution >= 4 is 61.7 Å². The number of nitrogens with zero attached hydrogens (tertiary/aromatic N) is 2. The predicted octanol–water partition coefficient (Wildman–Crippen LogP) is 10.2. The number of allylic oxidation sites excluding steroid dienone is 1. The summed E-state index contributed by atoms with van der Waals surface area (Å²) in [5.74, 6) is 0.322. The molecule has 6 aromatic carbocycles. The van der Waals surface area contributed by atoms with Crippen LogP contribution in [0.1, 0.15) is 30.5 Å². The van der Waals surface area contributed by atoms with Crippen LogP contribution in [0.2, 0.25) is 0 Å². The van der Waals surface area contributed by atoms with Crippen molar-refractivity contribution in [1.29, 1.82) is 0 Å².